The molecule has 6 heteroatoms. The lowest BCUT2D eigenvalue weighted by Crippen LogP contribution is -1.95. The van der Waals surface area contributed by atoms with Gasteiger partial charge in [0.25, 0.3) is 5.69 Å². The lowest BCUT2D eigenvalue weighted by atomic mass is 10.1. The Kier molecular flexibility index (Phi) is 2.22. The number of nitrogens with zero attached hydrogens (tertiary/aromatic N) is 3. The van der Waals surface area contributed by atoms with Crippen molar-refractivity contribution < 1.29 is 4.92 Å². The van der Waals surface area contributed by atoms with E-state index in [0.717, 1.165) is 10.9 Å². The number of halogens is 1. The second-order valence-electron chi connectivity index (χ2n) is 3.36. The van der Waals surface area contributed by atoms with E-state index in [1.165, 1.54) is 3.71 Å². The van der Waals surface area contributed by atoms with Gasteiger partial charge in [0.15, 0.2) is 0 Å². The van der Waals surface area contributed by atoms with Crippen LogP contribution in [0.15, 0.2) is 12.3 Å². The minimum atomic E-state index is -0.352. The zero-order valence-corrected chi connectivity index (χ0v) is 9.78. The van der Waals surface area contributed by atoms with E-state index in [-0.39, 0.29) is 10.6 Å². The molecule has 0 bridgehead atoms. The number of hydrogen-bond acceptors (Lipinski definition) is 3. The average Bonchev–Trinajstić information content (AvgIpc) is 2.47. The first-order valence-corrected chi connectivity index (χ1v) is 5.01. The summed E-state index contributed by atoms with van der Waals surface area (Å²) >= 11 is 3.23. The summed E-state index contributed by atoms with van der Waals surface area (Å²) in [5, 5.41) is 15.7. The second kappa shape index (κ2) is 3.30. The van der Waals surface area contributed by atoms with Crippen molar-refractivity contribution in [1.29, 1.82) is 0 Å². The third kappa shape index (κ3) is 1.41. The van der Waals surface area contributed by atoms with Crippen LogP contribution in [-0.2, 0) is 0 Å². The van der Waals surface area contributed by atoms with Crippen LogP contribution in [0.1, 0.15) is 11.1 Å². The maximum Gasteiger partial charge on any atom is 0.275 e. The maximum atomic E-state index is 10.9. The molecular formula is C9H8BrN3O2. The standard InChI is InChI=1S/C9H8BrN3O2/c1-5-3-8-7(4-11-12(8)10)6(2)9(5)13(14)15/h3-4H,1-2H3. The molecule has 15 heavy (non-hydrogen) atoms. The van der Waals surface area contributed by atoms with Crippen LogP contribution >= 0.6 is 16.1 Å². The molecule has 0 N–H and O–H groups in total. The zero-order chi connectivity index (χ0) is 11.2. The molecule has 0 saturated heterocycles. The summed E-state index contributed by atoms with van der Waals surface area (Å²) in [6.07, 6.45) is 1.62. The highest BCUT2D eigenvalue weighted by Crippen LogP contribution is 2.31. The number of benzene rings is 1. The number of nitro groups is 1. The maximum absolute atomic E-state index is 10.9. The van der Waals surface area contributed by atoms with Crippen LogP contribution in [-0.4, -0.2) is 13.7 Å². The van der Waals surface area contributed by atoms with Gasteiger partial charge in [0.1, 0.15) is 0 Å². The minimum absolute atomic E-state index is 0.169. The van der Waals surface area contributed by atoms with E-state index in [1.54, 1.807) is 26.1 Å². The zero-order valence-electron chi connectivity index (χ0n) is 8.19. The quantitative estimate of drug-likeness (QED) is 0.591. The van der Waals surface area contributed by atoms with Crippen LogP contribution in [0.3, 0.4) is 0 Å². The molecule has 0 saturated carbocycles. The highest BCUT2D eigenvalue weighted by molar-refractivity contribution is 9.08. The van der Waals surface area contributed by atoms with E-state index in [4.69, 9.17) is 0 Å². The Hall–Kier alpha value is -1.43. The summed E-state index contributed by atoms with van der Waals surface area (Å²) in [5.74, 6) is 0. The molecule has 0 aliphatic heterocycles. The Morgan fingerprint density at radius 1 is 1.53 bits per heavy atom. The van der Waals surface area contributed by atoms with Gasteiger partial charge >= 0.3 is 0 Å². The topological polar surface area (TPSA) is 61.0 Å². The van der Waals surface area contributed by atoms with Crippen molar-refractivity contribution in [2.75, 3.05) is 0 Å². The Bertz CT molecular complexity index is 562. The molecule has 0 aliphatic carbocycles. The SMILES string of the molecule is Cc1cc2c(cnn2Br)c(C)c1[N+](=O)[O-]. The van der Waals surface area contributed by atoms with Crippen LogP contribution in [0, 0.1) is 24.0 Å². The Labute approximate surface area is 94.2 Å². The molecule has 0 atom stereocenters. The fourth-order valence-corrected chi connectivity index (χ4v) is 2.12. The van der Waals surface area contributed by atoms with E-state index in [9.17, 15) is 10.1 Å². The molecule has 1 aromatic carbocycles. The highest BCUT2D eigenvalue weighted by atomic mass is 79.9. The van der Waals surface area contributed by atoms with Crippen molar-refractivity contribution in [3.63, 3.8) is 0 Å². The van der Waals surface area contributed by atoms with E-state index in [2.05, 4.69) is 21.2 Å². The molecule has 1 aromatic heterocycles. The number of rotatable bonds is 1. The number of aromatic nitrogens is 2. The third-order valence-electron chi connectivity index (χ3n) is 2.43. The first kappa shape index (κ1) is 10.1. The summed E-state index contributed by atoms with van der Waals surface area (Å²) < 4.78 is 1.53. The van der Waals surface area contributed by atoms with Gasteiger partial charge in [-0.25, -0.2) is 0 Å². The third-order valence-corrected chi connectivity index (χ3v) is 3.00. The van der Waals surface area contributed by atoms with Crippen molar-refractivity contribution in [2.45, 2.75) is 13.8 Å². The molecule has 2 rings (SSSR count). The highest BCUT2D eigenvalue weighted by Gasteiger charge is 2.19. The monoisotopic (exact) mass is 269 g/mol. The smallest absolute Gasteiger partial charge is 0.258 e. The first-order chi connectivity index (χ1) is 7.02. The van der Waals surface area contributed by atoms with Crippen molar-refractivity contribution in [3.05, 3.63) is 33.5 Å². The lowest BCUT2D eigenvalue weighted by Gasteiger charge is -2.02. The van der Waals surface area contributed by atoms with E-state index < -0.39 is 0 Å². The number of fused-ring (bicyclic) bond motifs is 1. The van der Waals surface area contributed by atoms with Crippen LogP contribution in [0.2, 0.25) is 0 Å². The first-order valence-electron chi connectivity index (χ1n) is 4.31. The van der Waals surface area contributed by atoms with Crippen LogP contribution < -0.4 is 0 Å². The summed E-state index contributed by atoms with van der Waals surface area (Å²) in [6.45, 7) is 3.46. The van der Waals surface area contributed by atoms with Crippen molar-refractivity contribution in [1.82, 2.24) is 8.81 Å². The number of nitro benzene ring substituents is 1. The molecule has 0 fully saturated rings. The molecule has 0 spiro atoms. The minimum Gasteiger partial charge on any atom is -0.258 e. The summed E-state index contributed by atoms with van der Waals surface area (Å²) in [4.78, 5) is 10.5. The van der Waals surface area contributed by atoms with Gasteiger partial charge in [-0.3, -0.25) is 10.1 Å². The summed E-state index contributed by atoms with van der Waals surface area (Å²) in [5.41, 5.74) is 2.31. The molecule has 0 radical (unpaired) electrons. The fraction of sp³-hybridized carbons (Fsp3) is 0.222. The van der Waals surface area contributed by atoms with E-state index in [1.807, 2.05) is 0 Å². The lowest BCUT2D eigenvalue weighted by molar-refractivity contribution is -0.385. The fourth-order valence-electron chi connectivity index (χ4n) is 1.73. The number of hydrogen-bond donors (Lipinski definition) is 0. The van der Waals surface area contributed by atoms with E-state index >= 15 is 0 Å². The molecule has 0 amide bonds. The molecule has 0 aliphatic rings. The van der Waals surface area contributed by atoms with Crippen molar-refractivity contribution in [2.24, 2.45) is 0 Å². The molecule has 5 nitrogen and oxygen atoms in total. The average molecular weight is 270 g/mol. The van der Waals surface area contributed by atoms with E-state index in [0.29, 0.717) is 11.1 Å². The Morgan fingerprint density at radius 3 is 2.80 bits per heavy atom. The largest absolute Gasteiger partial charge is 0.275 e. The molecule has 78 valence electrons. The summed E-state index contributed by atoms with van der Waals surface area (Å²) in [6, 6.07) is 1.75. The van der Waals surface area contributed by atoms with Gasteiger partial charge in [-0.15, -0.1) is 0 Å². The Morgan fingerprint density at radius 2 is 2.20 bits per heavy atom. The molecule has 1 heterocycles. The van der Waals surface area contributed by atoms with Gasteiger partial charge in [0.2, 0.25) is 0 Å². The van der Waals surface area contributed by atoms with Crippen LogP contribution in [0.25, 0.3) is 10.9 Å². The normalized spacial score (nSPS) is 10.9. The number of aryl methyl sites for hydroxylation is 2. The van der Waals surface area contributed by atoms with Gasteiger partial charge in [-0.2, -0.15) is 8.81 Å². The second-order valence-corrected chi connectivity index (χ2v) is 4.03. The molecule has 2 aromatic rings. The predicted molar refractivity (Wildman–Crippen MR) is 60.2 cm³/mol. The predicted octanol–water partition coefficient (Wildman–Crippen LogP) is 2.72. The van der Waals surface area contributed by atoms with Crippen LogP contribution in [0.5, 0.6) is 0 Å². The van der Waals surface area contributed by atoms with Crippen LogP contribution in [0.4, 0.5) is 5.69 Å². The van der Waals surface area contributed by atoms with Crippen molar-refractivity contribution in [3.8, 4) is 0 Å². The molecule has 0 unspecified atom stereocenters. The van der Waals surface area contributed by atoms with Gasteiger partial charge < -0.3 is 0 Å². The molecular weight excluding hydrogens is 262 g/mol. The van der Waals surface area contributed by atoms with Crippen molar-refractivity contribution >= 4 is 32.7 Å². The Balaban J connectivity index is 2.91. The van der Waals surface area contributed by atoms with Gasteiger partial charge in [0, 0.05) is 16.5 Å². The summed E-state index contributed by atoms with van der Waals surface area (Å²) in [7, 11) is 0. The van der Waals surface area contributed by atoms with Gasteiger partial charge in [-0.1, -0.05) is 0 Å². The van der Waals surface area contributed by atoms with Gasteiger partial charge in [-0.05, 0) is 19.9 Å². The van der Waals surface area contributed by atoms with Gasteiger partial charge in [0.05, 0.1) is 32.8 Å².